The summed E-state index contributed by atoms with van der Waals surface area (Å²) in [6.45, 7) is 0.298. The molecule has 8 nitrogen and oxygen atoms in total. The molecule has 0 fully saturated rings. The smallest absolute Gasteiger partial charge is 0.311 e. The molecule has 4 rings (SSSR count). The third kappa shape index (κ3) is 4.50. The van der Waals surface area contributed by atoms with E-state index in [0.717, 1.165) is 27.8 Å². The number of hydrogen-bond donors (Lipinski definition) is 2. The normalized spacial score (nSPS) is 11.7. The zero-order valence-corrected chi connectivity index (χ0v) is 18.2. The van der Waals surface area contributed by atoms with Gasteiger partial charge in [0, 0.05) is 41.2 Å². The Labute approximate surface area is 190 Å². The Morgan fingerprint density at radius 1 is 1.06 bits per heavy atom. The number of nitrogens with zero attached hydrogens (tertiary/aromatic N) is 1. The molecule has 168 valence electrons. The molecule has 1 unspecified atom stereocenters. The highest BCUT2D eigenvalue weighted by molar-refractivity contribution is 5.95. The van der Waals surface area contributed by atoms with Gasteiger partial charge in [0.05, 0.1) is 19.1 Å². The van der Waals surface area contributed by atoms with Gasteiger partial charge < -0.3 is 19.8 Å². The number of carbonyl (C=O) groups is 1. The van der Waals surface area contributed by atoms with E-state index in [1.807, 2.05) is 54.7 Å². The molecule has 0 radical (unpaired) electrons. The first-order chi connectivity index (χ1) is 16.0. The predicted molar refractivity (Wildman–Crippen MR) is 125 cm³/mol. The van der Waals surface area contributed by atoms with Crippen molar-refractivity contribution in [1.29, 1.82) is 0 Å². The second-order valence-corrected chi connectivity index (χ2v) is 7.47. The van der Waals surface area contributed by atoms with Gasteiger partial charge >= 0.3 is 5.69 Å². The fraction of sp³-hybridized carbons (Fsp3) is 0.160. The number of carbonyl (C=O) groups excluding carboxylic acids is 1. The number of H-pyrrole nitrogens is 1. The van der Waals surface area contributed by atoms with Gasteiger partial charge in [-0.3, -0.25) is 14.9 Å². The Morgan fingerprint density at radius 3 is 2.52 bits per heavy atom. The van der Waals surface area contributed by atoms with Gasteiger partial charge in [-0.05, 0) is 41.5 Å². The number of rotatable bonds is 8. The number of aromatic nitrogens is 1. The van der Waals surface area contributed by atoms with E-state index in [4.69, 9.17) is 9.47 Å². The maximum atomic E-state index is 12.9. The first-order valence-electron chi connectivity index (χ1n) is 10.3. The van der Waals surface area contributed by atoms with Crippen molar-refractivity contribution in [2.75, 3.05) is 20.8 Å². The molecule has 0 spiro atoms. The number of hydrogen-bond acceptors (Lipinski definition) is 5. The highest BCUT2D eigenvalue weighted by atomic mass is 16.6. The minimum absolute atomic E-state index is 0.103. The molecular formula is C25H23N3O5. The van der Waals surface area contributed by atoms with Crippen molar-refractivity contribution in [3.63, 3.8) is 0 Å². The van der Waals surface area contributed by atoms with Crippen LogP contribution in [0.4, 0.5) is 5.69 Å². The van der Waals surface area contributed by atoms with E-state index < -0.39 is 10.8 Å². The average Bonchev–Trinajstić information content (AvgIpc) is 3.28. The molecule has 1 aromatic heterocycles. The molecule has 3 aromatic carbocycles. The van der Waals surface area contributed by atoms with E-state index in [1.54, 1.807) is 7.11 Å². The number of nitro benzene ring substituents is 1. The van der Waals surface area contributed by atoms with Crippen LogP contribution in [0.3, 0.4) is 0 Å². The zero-order valence-electron chi connectivity index (χ0n) is 18.2. The third-order valence-corrected chi connectivity index (χ3v) is 5.62. The maximum Gasteiger partial charge on any atom is 0.311 e. The number of ether oxygens (including phenoxy) is 2. The van der Waals surface area contributed by atoms with Crippen LogP contribution in [0.25, 0.3) is 10.9 Å². The van der Waals surface area contributed by atoms with Gasteiger partial charge in [-0.25, -0.2) is 0 Å². The molecule has 0 bridgehead atoms. The number of para-hydroxylation sites is 1. The van der Waals surface area contributed by atoms with Crippen molar-refractivity contribution in [3.05, 3.63) is 99.7 Å². The Kier molecular flexibility index (Phi) is 6.26. The maximum absolute atomic E-state index is 12.9. The van der Waals surface area contributed by atoms with Crippen LogP contribution in [0.1, 0.15) is 27.4 Å². The molecule has 0 aliphatic carbocycles. The highest BCUT2D eigenvalue weighted by Crippen LogP contribution is 2.32. The van der Waals surface area contributed by atoms with E-state index in [9.17, 15) is 14.9 Å². The van der Waals surface area contributed by atoms with Crippen LogP contribution < -0.4 is 14.8 Å². The summed E-state index contributed by atoms with van der Waals surface area (Å²) in [5, 5.41) is 15.3. The lowest BCUT2D eigenvalue weighted by atomic mass is 9.90. The second-order valence-electron chi connectivity index (χ2n) is 7.47. The molecule has 1 heterocycles. The van der Waals surface area contributed by atoms with Crippen LogP contribution in [0, 0.1) is 10.1 Å². The molecule has 0 saturated carbocycles. The summed E-state index contributed by atoms with van der Waals surface area (Å²) in [5.74, 6) is 0.292. The van der Waals surface area contributed by atoms with E-state index in [1.165, 1.54) is 25.3 Å². The number of nitrogens with one attached hydrogen (secondary N) is 2. The molecular weight excluding hydrogens is 422 g/mol. The second kappa shape index (κ2) is 9.44. The first kappa shape index (κ1) is 21.9. The van der Waals surface area contributed by atoms with Gasteiger partial charge in [0.1, 0.15) is 5.75 Å². The van der Waals surface area contributed by atoms with E-state index in [2.05, 4.69) is 10.3 Å². The number of amides is 1. The number of nitro groups is 1. The van der Waals surface area contributed by atoms with Crippen molar-refractivity contribution in [1.82, 2.24) is 10.3 Å². The summed E-state index contributed by atoms with van der Waals surface area (Å²) in [6, 6.07) is 19.8. The Bertz CT molecular complexity index is 1300. The minimum Gasteiger partial charge on any atom is -0.497 e. The van der Waals surface area contributed by atoms with Crippen molar-refractivity contribution in [2.24, 2.45) is 0 Å². The molecule has 8 heteroatoms. The van der Waals surface area contributed by atoms with Gasteiger partial charge in [-0.15, -0.1) is 0 Å². The fourth-order valence-electron chi connectivity index (χ4n) is 3.90. The number of aromatic amines is 1. The molecule has 2 N–H and O–H groups in total. The van der Waals surface area contributed by atoms with Gasteiger partial charge in [0.25, 0.3) is 5.91 Å². The van der Waals surface area contributed by atoms with Crippen LogP contribution in [-0.2, 0) is 0 Å². The van der Waals surface area contributed by atoms with E-state index in [-0.39, 0.29) is 22.9 Å². The summed E-state index contributed by atoms with van der Waals surface area (Å²) in [7, 11) is 2.96. The van der Waals surface area contributed by atoms with Crippen molar-refractivity contribution >= 4 is 22.5 Å². The minimum atomic E-state index is -0.568. The van der Waals surface area contributed by atoms with Gasteiger partial charge in [-0.1, -0.05) is 30.3 Å². The number of methoxy groups -OCH3 is 2. The summed E-state index contributed by atoms with van der Waals surface area (Å²) < 4.78 is 10.3. The Hall–Kier alpha value is -4.33. The molecule has 0 aliphatic heterocycles. The molecule has 1 atom stereocenters. The van der Waals surface area contributed by atoms with Gasteiger partial charge in [0.2, 0.25) is 0 Å². The van der Waals surface area contributed by atoms with Crippen LogP contribution in [0.5, 0.6) is 11.5 Å². The SMILES string of the molecule is COc1ccc(C(CNC(=O)c2ccc(OC)c([N+](=O)[O-])c2)c2c[nH]c3ccccc23)cc1. The third-order valence-electron chi connectivity index (χ3n) is 5.62. The first-order valence-corrected chi connectivity index (χ1v) is 10.3. The summed E-state index contributed by atoms with van der Waals surface area (Å²) in [5.41, 5.74) is 2.98. The Morgan fingerprint density at radius 2 is 1.82 bits per heavy atom. The highest BCUT2D eigenvalue weighted by Gasteiger charge is 2.22. The molecule has 1 amide bonds. The van der Waals surface area contributed by atoms with Crippen LogP contribution >= 0.6 is 0 Å². The number of benzene rings is 3. The van der Waals surface area contributed by atoms with Crippen LogP contribution in [0.2, 0.25) is 0 Å². The topological polar surface area (TPSA) is 106 Å². The Balaban J connectivity index is 1.64. The van der Waals surface area contributed by atoms with Crippen LogP contribution in [-0.4, -0.2) is 36.6 Å². The quantitative estimate of drug-likeness (QED) is 0.303. The van der Waals surface area contributed by atoms with Crippen molar-refractivity contribution < 1.29 is 19.2 Å². The fourth-order valence-corrected chi connectivity index (χ4v) is 3.90. The lowest BCUT2D eigenvalue weighted by Crippen LogP contribution is -2.29. The van der Waals surface area contributed by atoms with Crippen LogP contribution in [0.15, 0.2) is 72.9 Å². The van der Waals surface area contributed by atoms with Crippen molar-refractivity contribution in [2.45, 2.75) is 5.92 Å². The van der Waals surface area contributed by atoms with Crippen molar-refractivity contribution in [3.8, 4) is 11.5 Å². The monoisotopic (exact) mass is 445 g/mol. The largest absolute Gasteiger partial charge is 0.497 e. The van der Waals surface area contributed by atoms with Gasteiger partial charge in [-0.2, -0.15) is 0 Å². The van der Waals surface area contributed by atoms with E-state index in [0.29, 0.717) is 6.54 Å². The molecule has 33 heavy (non-hydrogen) atoms. The summed E-state index contributed by atoms with van der Waals surface area (Å²) in [6.07, 6.45) is 1.95. The van der Waals surface area contributed by atoms with E-state index >= 15 is 0 Å². The predicted octanol–water partition coefficient (Wildman–Crippen LogP) is 4.66. The van der Waals surface area contributed by atoms with Gasteiger partial charge in [0.15, 0.2) is 5.75 Å². The standard InChI is InChI=1S/C25H23N3O5/c1-32-18-10-7-16(8-11-18)20(21-15-26-22-6-4-3-5-19(21)22)14-27-25(29)17-9-12-24(33-2)23(13-17)28(30)31/h3-13,15,20,26H,14H2,1-2H3,(H,27,29). The molecule has 0 aliphatic rings. The molecule has 4 aromatic rings. The summed E-state index contributed by atoms with van der Waals surface area (Å²) in [4.78, 5) is 26.9. The lowest BCUT2D eigenvalue weighted by molar-refractivity contribution is -0.385. The zero-order chi connectivity index (χ0) is 23.4. The average molecular weight is 445 g/mol. The molecule has 0 saturated heterocycles. The number of fused-ring (bicyclic) bond motifs is 1. The summed E-state index contributed by atoms with van der Waals surface area (Å²) >= 11 is 0. The lowest BCUT2D eigenvalue weighted by Gasteiger charge is -2.19.